The average Bonchev–Trinajstić information content (AvgIpc) is 3.03. The molecule has 230 valence electrons. The summed E-state index contributed by atoms with van der Waals surface area (Å²) in [5, 5.41) is 8.04. The van der Waals surface area contributed by atoms with E-state index in [9.17, 15) is 9.59 Å². The summed E-state index contributed by atoms with van der Waals surface area (Å²) in [5.41, 5.74) is 2.02. The van der Waals surface area contributed by atoms with Crippen LogP contribution < -0.4 is 35.4 Å². The molecule has 2 amide bonds. The minimum Gasteiger partial charge on any atom is -0.493 e. The molecular formula is C33H43N5O5. The van der Waals surface area contributed by atoms with E-state index in [0.717, 1.165) is 48.0 Å². The van der Waals surface area contributed by atoms with Gasteiger partial charge in [0.15, 0.2) is 11.5 Å². The highest BCUT2D eigenvalue weighted by molar-refractivity contribution is 5.89. The van der Waals surface area contributed by atoms with Crippen LogP contribution in [0, 0.1) is 5.92 Å². The van der Waals surface area contributed by atoms with Crippen molar-refractivity contribution in [3.05, 3.63) is 52.5 Å². The third-order valence-corrected chi connectivity index (χ3v) is 8.13. The second kappa shape index (κ2) is 14.4. The molecule has 0 bridgehead atoms. The number of carbonyl (C=O) groups excluding carboxylic acids is 2. The molecule has 2 aromatic rings. The van der Waals surface area contributed by atoms with Gasteiger partial charge in [0, 0.05) is 43.2 Å². The van der Waals surface area contributed by atoms with E-state index < -0.39 is 0 Å². The number of amides is 2. The summed E-state index contributed by atoms with van der Waals surface area (Å²) in [5.74, 6) is 4.87. The number of hydrogen-bond donors (Lipinski definition) is 2. The fraction of sp³-hybridized carbons (Fsp3) is 0.515. The van der Waals surface area contributed by atoms with E-state index >= 15 is 0 Å². The lowest BCUT2D eigenvalue weighted by Crippen LogP contribution is -2.51. The maximum Gasteiger partial charge on any atom is 0.321 e. The first-order valence-corrected chi connectivity index (χ1v) is 15.4. The smallest absolute Gasteiger partial charge is 0.321 e. The van der Waals surface area contributed by atoms with Crippen molar-refractivity contribution in [3.8, 4) is 17.2 Å². The molecule has 2 aromatic carbocycles. The monoisotopic (exact) mass is 589 g/mol. The molecule has 43 heavy (non-hydrogen) atoms. The second-order valence-electron chi connectivity index (χ2n) is 11.6. The zero-order valence-electron chi connectivity index (χ0n) is 25.5. The molecule has 0 spiro atoms. The van der Waals surface area contributed by atoms with Crippen molar-refractivity contribution in [1.82, 2.24) is 15.1 Å². The zero-order chi connectivity index (χ0) is 30.2. The third kappa shape index (κ3) is 7.69. The van der Waals surface area contributed by atoms with Gasteiger partial charge in [0.2, 0.25) is 0 Å². The van der Waals surface area contributed by atoms with Gasteiger partial charge in [-0.1, -0.05) is 0 Å². The maximum atomic E-state index is 13.0. The van der Waals surface area contributed by atoms with Crippen LogP contribution in [0.1, 0.15) is 39.5 Å². The Kier molecular flexibility index (Phi) is 10.2. The van der Waals surface area contributed by atoms with Crippen LogP contribution in [0.25, 0.3) is 5.70 Å². The molecule has 10 nitrogen and oxygen atoms in total. The van der Waals surface area contributed by atoms with Crippen molar-refractivity contribution in [3.63, 3.8) is 0 Å². The number of piperazine rings is 1. The first-order valence-electron chi connectivity index (χ1n) is 15.4. The Hall–Kier alpha value is -4.01. The minimum atomic E-state index is -0.157. The number of methoxy groups -OCH3 is 1. The van der Waals surface area contributed by atoms with E-state index in [2.05, 4.69) is 26.5 Å². The molecule has 3 aliphatic heterocycles. The van der Waals surface area contributed by atoms with E-state index in [1.165, 1.54) is 12.8 Å². The number of nitrogens with zero attached hydrogens (tertiary/aromatic N) is 3. The van der Waals surface area contributed by atoms with Crippen LogP contribution >= 0.6 is 0 Å². The zero-order valence-corrected chi connectivity index (χ0v) is 25.5. The predicted molar refractivity (Wildman–Crippen MR) is 166 cm³/mol. The van der Waals surface area contributed by atoms with Crippen LogP contribution in [0.15, 0.2) is 47.0 Å². The Morgan fingerprint density at radius 3 is 2.60 bits per heavy atom. The third-order valence-electron chi connectivity index (χ3n) is 8.13. The summed E-state index contributed by atoms with van der Waals surface area (Å²) < 4.78 is 17.6. The number of ether oxygens (including phenoxy) is 3. The fourth-order valence-corrected chi connectivity index (χ4v) is 5.93. The summed E-state index contributed by atoms with van der Waals surface area (Å²) in [6.07, 6.45) is 4.73. The van der Waals surface area contributed by atoms with Gasteiger partial charge in [0.1, 0.15) is 11.7 Å². The van der Waals surface area contributed by atoms with Crippen molar-refractivity contribution in [2.75, 3.05) is 64.8 Å². The topological polar surface area (TPSA) is 105 Å². The number of rotatable bonds is 10. The quantitative estimate of drug-likeness (QED) is 0.324. The first kappa shape index (κ1) is 30.4. The molecular weight excluding hydrogens is 546 g/mol. The van der Waals surface area contributed by atoms with E-state index in [1.54, 1.807) is 12.0 Å². The predicted octanol–water partition coefficient (Wildman–Crippen LogP) is 2.99. The van der Waals surface area contributed by atoms with Crippen molar-refractivity contribution >= 4 is 23.4 Å². The molecule has 1 unspecified atom stereocenters. The van der Waals surface area contributed by atoms with Gasteiger partial charge in [0.05, 0.1) is 43.0 Å². The maximum absolute atomic E-state index is 13.0. The lowest BCUT2D eigenvalue weighted by atomic mass is 9.95. The van der Waals surface area contributed by atoms with Crippen LogP contribution in [0.4, 0.5) is 10.5 Å². The number of carbonyl (C=O) groups is 1. The Labute approximate surface area is 253 Å². The largest absolute Gasteiger partial charge is 0.493 e. The van der Waals surface area contributed by atoms with Gasteiger partial charge < -0.3 is 34.6 Å². The minimum absolute atomic E-state index is 0.0873. The number of anilines is 1. The van der Waals surface area contributed by atoms with Gasteiger partial charge in [-0.3, -0.25) is 4.99 Å². The van der Waals surface area contributed by atoms with Gasteiger partial charge in [-0.2, -0.15) is 0 Å². The summed E-state index contributed by atoms with van der Waals surface area (Å²) in [7, 11) is 1.63. The number of benzene rings is 2. The Morgan fingerprint density at radius 2 is 1.93 bits per heavy atom. The molecule has 5 rings (SSSR count). The standard InChI is InChI=1S/C33H43N5O5/c1-23(2)43-27-10-8-26(9-11-27)36-33(40)38-15-13-37(14-16-38)32-25(22-39)21-35-29-19-31(30(41-3)18-28(29)32)42-17-5-7-24-6-4-12-34-20-24/h8-11,18-19,23-24,34H,4-7,12-17,20-21H2,1-3H3,(H,36,40). The van der Waals surface area contributed by atoms with Crippen LogP contribution in [-0.4, -0.2) is 87.4 Å². The van der Waals surface area contributed by atoms with E-state index in [-0.39, 0.29) is 18.7 Å². The lowest BCUT2D eigenvalue weighted by molar-refractivity contribution is 0.177. The molecule has 2 saturated heterocycles. The number of piperidine rings is 1. The molecule has 0 aromatic heterocycles. The Balaban J connectivity index is 1.25. The molecule has 1 atom stereocenters. The number of fused-ring (bicyclic) bond motifs is 1. The summed E-state index contributed by atoms with van der Waals surface area (Å²) in [6.45, 7) is 9.20. The van der Waals surface area contributed by atoms with E-state index in [4.69, 9.17) is 14.2 Å². The van der Waals surface area contributed by atoms with E-state index in [1.807, 2.05) is 50.2 Å². The van der Waals surface area contributed by atoms with Gasteiger partial charge in [-0.05, 0) is 88.9 Å². The molecule has 0 radical (unpaired) electrons. The summed E-state index contributed by atoms with van der Waals surface area (Å²) in [6, 6.07) is 11.0. The van der Waals surface area contributed by atoms with E-state index in [0.29, 0.717) is 61.5 Å². The number of nitrogens with one attached hydrogen (secondary N) is 2. The molecule has 0 saturated carbocycles. The van der Waals surface area contributed by atoms with Crippen molar-refractivity contribution in [1.29, 1.82) is 0 Å². The normalized spacial score (nSPS) is 18.5. The summed E-state index contributed by atoms with van der Waals surface area (Å²) >= 11 is 0. The molecule has 2 N–H and O–H groups in total. The van der Waals surface area contributed by atoms with Crippen molar-refractivity contribution < 1.29 is 23.8 Å². The first-order chi connectivity index (χ1) is 20.9. The van der Waals surface area contributed by atoms with Gasteiger partial charge >= 0.3 is 6.03 Å². The van der Waals surface area contributed by atoms with Gasteiger partial charge in [-0.15, -0.1) is 0 Å². The lowest BCUT2D eigenvalue weighted by Gasteiger charge is -2.37. The van der Waals surface area contributed by atoms with Crippen molar-refractivity contribution in [2.45, 2.75) is 45.6 Å². The van der Waals surface area contributed by atoms with Crippen LogP contribution in [-0.2, 0) is 4.79 Å². The number of hydrogen-bond acceptors (Lipinski definition) is 8. The fourth-order valence-electron chi connectivity index (χ4n) is 5.93. The molecule has 0 aliphatic carbocycles. The highest BCUT2D eigenvalue weighted by Gasteiger charge is 2.27. The van der Waals surface area contributed by atoms with Crippen LogP contribution in [0.5, 0.6) is 17.2 Å². The molecule has 10 heteroatoms. The molecule has 3 aliphatic rings. The van der Waals surface area contributed by atoms with Crippen molar-refractivity contribution in [2.24, 2.45) is 10.9 Å². The van der Waals surface area contributed by atoms with Crippen LogP contribution in [0.3, 0.4) is 0 Å². The highest BCUT2D eigenvalue weighted by atomic mass is 16.5. The summed E-state index contributed by atoms with van der Waals surface area (Å²) in [4.78, 5) is 33.6. The Bertz CT molecular complexity index is 1440. The van der Waals surface area contributed by atoms with Gasteiger partial charge in [0.25, 0.3) is 0 Å². The van der Waals surface area contributed by atoms with Gasteiger partial charge in [-0.25, -0.2) is 9.59 Å². The second-order valence-corrected chi connectivity index (χ2v) is 11.6. The average molecular weight is 590 g/mol. The Morgan fingerprint density at radius 1 is 1.14 bits per heavy atom. The highest BCUT2D eigenvalue weighted by Crippen LogP contribution is 2.26. The number of urea groups is 1. The SMILES string of the molecule is COc1cc2c(cc1OCCCC1CCCNC1)=NCC(=C=O)C=2N1CCN(C(=O)Nc2ccc(OC(C)C)cc2)CC1. The molecule has 2 fully saturated rings. The molecule has 3 heterocycles. The van der Waals surface area contributed by atoms with Crippen LogP contribution in [0.2, 0.25) is 0 Å².